The van der Waals surface area contributed by atoms with Gasteiger partial charge < -0.3 is 10.2 Å². The van der Waals surface area contributed by atoms with Crippen LogP contribution < -0.4 is 10.2 Å². The van der Waals surface area contributed by atoms with E-state index in [0.717, 1.165) is 6.54 Å². The van der Waals surface area contributed by atoms with Crippen LogP contribution in [0, 0.1) is 0 Å². The highest BCUT2D eigenvalue weighted by molar-refractivity contribution is 5.64. The fourth-order valence-electron chi connectivity index (χ4n) is 3.81. The highest BCUT2D eigenvalue weighted by Gasteiger charge is 2.25. The Bertz CT molecular complexity index is 422. The number of rotatable bonds is 4. The van der Waals surface area contributed by atoms with Crippen molar-refractivity contribution in [2.24, 2.45) is 0 Å². The number of hydrogen-bond donors (Lipinski definition) is 1. The van der Waals surface area contributed by atoms with Gasteiger partial charge in [-0.2, -0.15) is 0 Å². The first kappa shape index (κ1) is 13.0. The Morgan fingerprint density at radius 2 is 1.79 bits per heavy atom. The standard InChI is InChI=1S/C17H26N2/c1-3-13(12-18-2)16-10-14-6-4-8-19-9-5-7-15(11-16)17(14)19/h10-11,13,18H,3-9,12H2,1-2H3. The van der Waals surface area contributed by atoms with Crippen LogP contribution in [0.2, 0.25) is 0 Å². The van der Waals surface area contributed by atoms with Gasteiger partial charge >= 0.3 is 0 Å². The number of benzene rings is 1. The van der Waals surface area contributed by atoms with Gasteiger partial charge in [-0.25, -0.2) is 0 Å². The van der Waals surface area contributed by atoms with Gasteiger partial charge in [-0.15, -0.1) is 0 Å². The highest BCUT2D eigenvalue weighted by atomic mass is 15.1. The molecule has 0 radical (unpaired) electrons. The summed E-state index contributed by atoms with van der Waals surface area (Å²) >= 11 is 0. The minimum absolute atomic E-state index is 0.670. The Balaban J connectivity index is 2.00. The van der Waals surface area contributed by atoms with E-state index in [4.69, 9.17) is 0 Å². The predicted octanol–water partition coefficient (Wildman–Crippen LogP) is 3.10. The minimum Gasteiger partial charge on any atom is -0.371 e. The first-order valence-electron chi connectivity index (χ1n) is 7.88. The van der Waals surface area contributed by atoms with E-state index in [0.29, 0.717) is 5.92 Å². The second kappa shape index (κ2) is 5.54. The number of hydrogen-bond acceptors (Lipinski definition) is 2. The molecule has 0 bridgehead atoms. The fraction of sp³-hybridized carbons (Fsp3) is 0.647. The molecule has 0 aliphatic carbocycles. The summed E-state index contributed by atoms with van der Waals surface area (Å²) in [4.78, 5) is 2.63. The van der Waals surface area contributed by atoms with E-state index < -0.39 is 0 Å². The van der Waals surface area contributed by atoms with Crippen LogP contribution in [-0.4, -0.2) is 26.7 Å². The maximum atomic E-state index is 3.35. The van der Waals surface area contributed by atoms with Crippen LogP contribution in [0.1, 0.15) is 48.8 Å². The quantitative estimate of drug-likeness (QED) is 0.893. The third-order valence-corrected chi connectivity index (χ3v) is 4.77. The van der Waals surface area contributed by atoms with Crippen molar-refractivity contribution in [3.05, 3.63) is 28.8 Å². The SMILES string of the molecule is CCC(CNC)c1cc2c3c(c1)CCCN3CCC2. The van der Waals surface area contributed by atoms with Crippen molar-refractivity contribution in [3.8, 4) is 0 Å². The summed E-state index contributed by atoms with van der Waals surface area (Å²) in [6.07, 6.45) is 6.45. The minimum atomic E-state index is 0.670. The molecule has 2 heteroatoms. The number of nitrogens with zero attached hydrogens (tertiary/aromatic N) is 1. The molecule has 1 unspecified atom stereocenters. The molecular weight excluding hydrogens is 232 g/mol. The summed E-state index contributed by atoms with van der Waals surface area (Å²) in [5.74, 6) is 0.670. The Morgan fingerprint density at radius 1 is 1.16 bits per heavy atom. The van der Waals surface area contributed by atoms with Crippen molar-refractivity contribution in [3.63, 3.8) is 0 Å². The van der Waals surface area contributed by atoms with Gasteiger partial charge in [0.1, 0.15) is 0 Å². The van der Waals surface area contributed by atoms with Crippen molar-refractivity contribution < 1.29 is 0 Å². The molecule has 1 aromatic carbocycles. The molecule has 2 aliphatic heterocycles. The maximum absolute atomic E-state index is 3.35. The Morgan fingerprint density at radius 3 is 2.32 bits per heavy atom. The molecule has 0 spiro atoms. The van der Waals surface area contributed by atoms with Crippen LogP contribution >= 0.6 is 0 Å². The molecule has 3 rings (SSSR count). The molecule has 0 amide bonds. The largest absolute Gasteiger partial charge is 0.371 e. The van der Waals surface area contributed by atoms with Crippen molar-refractivity contribution >= 4 is 5.69 Å². The van der Waals surface area contributed by atoms with Crippen LogP contribution in [-0.2, 0) is 12.8 Å². The van der Waals surface area contributed by atoms with Crippen molar-refractivity contribution in [2.75, 3.05) is 31.6 Å². The van der Waals surface area contributed by atoms with Gasteiger partial charge in [0.25, 0.3) is 0 Å². The van der Waals surface area contributed by atoms with Crippen molar-refractivity contribution in [1.29, 1.82) is 0 Å². The van der Waals surface area contributed by atoms with Crippen LogP contribution in [0.15, 0.2) is 12.1 Å². The lowest BCUT2D eigenvalue weighted by Crippen LogP contribution is -2.34. The molecule has 2 aliphatic rings. The van der Waals surface area contributed by atoms with Gasteiger partial charge in [0.15, 0.2) is 0 Å². The third kappa shape index (κ3) is 2.38. The van der Waals surface area contributed by atoms with Gasteiger partial charge in [0.2, 0.25) is 0 Å². The van der Waals surface area contributed by atoms with E-state index in [1.54, 1.807) is 22.4 Å². The lowest BCUT2D eigenvalue weighted by Gasteiger charge is -2.37. The summed E-state index contributed by atoms with van der Waals surface area (Å²) in [6.45, 7) is 5.94. The molecular formula is C17H26N2. The number of aryl methyl sites for hydroxylation is 2. The van der Waals surface area contributed by atoms with Crippen LogP contribution in [0.25, 0.3) is 0 Å². The molecule has 1 N–H and O–H groups in total. The van der Waals surface area contributed by atoms with E-state index in [1.807, 2.05) is 0 Å². The first-order chi connectivity index (χ1) is 9.33. The zero-order valence-electron chi connectivity index (χ0n) is 12.3. The molecule has 0 saturated carbocycles. The molecule has 19 heavy (non-hydrogen) atoms. The zero-order chi connectivity index (χ0) is 13.2. The normalized spacial score (nSPS) is 19.2. The second-order valence-electron chi connectivity index (χ2n) is 6.04. The smallest absolute Gasteiger partial charge is 0.0431 e. The van der Waals surface area contributed by atoms with E-state index in [1.165, 1.54) is 45.2 Å². The van der Waals surface area contributed by atoms with Gasteiger partial charge in [-0.1, -0.05) is 19.1 Å². The number of anilines is 1. The lowest BCUT2D eigenvalue weighted by molar-refractivity contribution is 0.600. The predicted molar refractivity (Wildman–Crippen MR) is 82.3 cm³/mol. The van der Waals surface area contributed by atoms with Crippen molar-refractivity contribution in [1.82, 2.24) is 5.32 Å². The molecule has 1 atom stereocenters. The van der Waals surface area contributed by atoms with Crippen LogP contribution in [0.4, 0.5) is 5.69 Å². The van der Waals surface area contributed by atoms with E-state index in [-0.39, 0.29) is 0 Å². The third-order valence-electron chi connectivity index (χ3n) is 4.77. The number of likely N-dealkylation sites (N-methyl/N-ethyl adjacent to an activating group) is 1. The lowest BCUT2D eigenvalue weighted by atomic mass is 9.86. The maximum Gasteiger partial charge on any atom is 0.0431 e. The molecule has 2 heterocycles. The van der Waals surface area contributed by atoms with E-state index >= 15 is 0 Å². The van der Waals surface area contributed by atoms with Gasteiger partial charge in [0.05, 0.1) is 0 Å². The number of nitrogens with one attached hydrogen (secondary N) is 1. The van der Waals surface area contributed by atoms with Crippen molar-refractivity contribution in [2.45, 2.75) is 44.9 Å². The van der Waals surface area contributed by atoms with Gasteiger partial charge in [0, 0.05) is 25.3 Å². The zero-order valence-corrected chi connectivity index (χ0v) is 12.3. The van der Waals surface area contributed by atoms with Crippen LogP contribution in [0.5, 0.6) is 0 Å². The Hall–Kier alpha value is -1.02. The second-order valence-corrected chi connectivity index (χ2v) is 6.04. The first-order valence-corrected chi connectivity index (χ1v) is 7.88. The molecule has 104 valence electrons. The fourth-order valence-corrected chi connectivity index (χ4v) is 3.81. The molecule has 0 fully saturated rings. The van der Waals surface area contributed by atoms with Crippen LogP contribution in [0.3, 0.4) is 0 Å². The van der Waals surface area contributed by atoms with Gasteiger partial charge in [-0.3, -0.25) is 0 Å². The highest BCUT2D eigenvalue weighted by Crippen LogP contribution is 2.37. The monoisotopic (exact) mass is 258 g/mol. The topological polar surface area (TPSA) is 15.3 Å². The summed E-state index contributed by atoms with van der Waals surface area (Å²) in [7, 11) is 2.06. The van der Waals surface area contributed by atoms with E-state index in [9.17, 15) is 0 Å². The summed E-state index contributed by atoms with van der Waals surface area (Å²) in [5.41, 5.74) is 6.40. The van der Waals surface area contributed by atoms with Gasteiger partial charge in [-0.05, 0) is 61.8 Å². The summed E-state index contributed by atoms with van der Waals surface area (Å²) < 4.78 is 0. The van der Waals surface area contributed by atoms with E-state index in [2.05, 4.69) is 36.3 Å². The summed E-state index contributed by atoms with van der Waals surface area (Å²) in [6, 6.07) is 5.00. The Kier molecular flexibility index (Phi) is 3.79. The molecule has 0 saturated heterocycles. The average Bonchev–Trinajstić information content (AvgIpc) is 2.45. The molecule has 0 aromatic heterocycles. The Labute approximate surface area is 117 Å². The average molecular weight is 258 g/mol. The molecule has 2 nitrogen and oxygen atoms in total. The molecule has 1 aromatic rings. The summed E-state index contributed by atoms with van der Waals surface area (Å²) in [5, 5.41) is 3.35.